The van der Waals surface area contributed by atoms with E-state index in [0.29, 0.717) is 19.3 Å². The Hall–Kier alpha value is -1.79. The highest BCUT2D eigenvalue weighted by Gasteiger charge is 2.13. The van der Waals surface area contributed by atoms with Crippen LogP contribution in [-0.4, -0.2) is 52.1 Å². The van der Waals surface area contributed by atoms with E-state index in [-0.39, 0.29) is 0 Å². The largest absolute Gasteiger partial charge is 0.494 e. The van der Waals surface area contributed by atoms with Crippen molar-refractivity contribution in [1.82, 2.24) is 10.6 Å². The second-order valence-electron chi connectivity index (χ2n) is 5.93. The fraction of sp³-hybridized carbons (Fsp3) is 0.632. The maximum atomic E-state index is 5.87. The van der Waals surface area contributed by atoms with E-state index in [1.807, 2.05) is 25.1 Å². The zero-order valence-corrected chi connectivity index (χ0v) is 15.4. The number of nitrogens with zero attached hydrogens (tertiary/aromatic N) is 1. The number of guanidine groups is 1. The van der Waals surface area contributed by atoms with Crippen molar-refractivity contribution in [2.45, 2.75) is 38.8 Å². The smallest absolute Gasteiger partial charge is 0.191 e. The molecule has 2 N–H and O–H groups in total. The fourth-order valence-corrected chi connectivity index (χ4v) is 2.72. The van der Waals surface area contributed by atoms with Gasteiger partial charge >= 0.3 is 0 Å². The molecule has 0 aromatic heterocycles. The molecule has 0 bridgehead atoms. The number of rotatable bonds is 9. The molecule has 0 atom stereocenters. The number of hydrogen-bond donors (Lipinski definition) is 2. The SMILES string of the molecule is CCOc1ccccc1CNC(=NC)NCCCOC1CCOCC1. The molecule has 6 heteroatoms. The standard InChI is InChI=1S/C19H31N3O3/c1-3-24-18-8-5-4-7-16(18)15-22-19(20-2)21-11-6-12-25-17-9-13-23-14-10-17/h4-5,7-8,17H,3,6,9-15H2,1-2H3,(H2,20,21,22). The molecule has 1 aromatic carbocycles. The van der Waals surface area contributed by atoms with Gasteiger partial charge in [-0.05, 0) is 32.3 Å². The van der Waals surface area contributed by atoms with E-state index in [1.165, 1.54) is 0 Å². The minimum atomic E-state index is 0.362. The predicted octanol–water partition coefficient (Wildman–Crippen LogP) is 2.34. The van der Waals surface area contributed by atoms with Gasteiger partial charge in [-0.25, -0.2) is 0 Å². The first kappa shape index (κ1) is 19.5. The van der Waals surface area contributed by atoms with Crippen molar-refractivity contribution in [3.05, 3.63) is 29.8 Å². The van der Waals surface area contributed by atoms with Gasteiger partial charge in [-0.3, -0.25) is 4.99 Å². The molecular weight excluding hydrogens is 318 g/mol. The summed E-state index contributed by atoms with van der Waals surface area (Å²) in [5.74, 6) is 1.70. The van der Waals surface area contributed by atoms with Crippen molar-refractivity contribution >= 4 is 5.96 Å². The highest BCUT2D eigenvalue weighted by Crippen LogP contribution is 2.17. The van der Waals surface area contributed by atoms with Gasteiger partial charge in [-0.2, -0.15) is 0 Å². The number of hydrogen-bond acceptors (Lipinski definition) is 4. The fourth-order valence-electron chi connectivity index (χ4n) is 2.72. The Labute approximate surface area is 151 Å². The summed E-state index contributed by atoms with van der Waals surface area (Å²) in [6.45, 7) is 6.57. The summed E-state index contributed by atoms with van der Waals surface area (Å²) in [6, 6.07) is 8.06. The number of benzene rings is 1. The van der Waals surface area contributed by atoms with E-state index < -0.39 is 0 Å². The minimum Gasteiger partial charge on any atom is -0.494 e. The lowest BCUT2D eigenvalue weighted by Gasteiger charge is -2.22. The third kappa shape index (κ3) is 7.32. The quantitative estimate of drug-likeness (QED) is 0.407. The highest BCUT2D eigenvalue weighted by atomic mass is 16.5. The monoisotopic (exact) mass is 349 g/mol. The summed E-state index contributed by atoms with van der Waals surface area (Å²) in [7, 11) is 1.78. The van der Waals surface area contributed by atoms with Crippen LogP contribution in [0.1, 0.15) is 31.7 Å². The Kier molecular flexibility index (Phi) is 9.15. The molecule has 0 amide bonds. The normalized spacial score (nSPS) is 15.8. The summed E-state index contributed by atoms with van der Waals surface area (Å²) in [6.07, 6.45) is 3.33. The molecule has 1 aromatic rings. The van der Waals surface area contributed by atoms with Crippen LogP contribution < -0.4 is 15.4 Å². The van der Waals surface area contributed by atoms with Crippen LogP contribution >= 0.6 is 0 Å². The summed E-state index contributed by atoms with van der Waals surface area (Å²) in [5.41, 5.74) is 1.12. The molecule has 0 aliphatic carbocycles. The van der Waals surface area contributed by atoms with Crippen LogP contribution in [0.2, 0.25) is 0 Å². The predicted molar refractivity (Wildman–Crippen MR) is 100 cm³/mol. The lowest BCUT2D eigenvalue weighted by atomic mass is 10.1. The lowest BCUT2D eigenvalue weighted by Crippen LogP contribution is -2.37. The Morgan fingerprint density at radius 3 is 2.80 bits per heavy atom. The third-order valence-corrected chi connectivity index (χ3v) is 4.08. The van der Waals surface area contributed by atoms with Crippen molar-refractivity contribution in [3.63, 3.8) is 0 Å². The van der Waals surface area contributed by atoms with Gasteiger partial charge in [0.2, 0.25) is 0 Å². The zero-order valence-electron chi connectivity index (χ0n) is 15.4. The maximum Gasteiger partial charge on any atom is 0.191 e. The van der Waals surface area contributed by atoms with Crippen LogP contribution in [0.4, 0.5) is 0 Å². The molecule has 0 saturated carbocycles. The van der Waals surface area contributed by atoms with Crippen molar-refractivity contribution in [2.75, 3.05) is 40.0 Å². The van der Waals surface area contributed by atoms with Crippen molar-refractivity contribution < 1.29 is 14.2 Å². The highest BCUT2D eigenvalue weighted by molar-refractivity contribution is 5.79. The summed E-state index contributed by atoms with van der Waals surface area (Å²) >= 11 is 0. The zero-order chi connectivity index (χ0) is 17.7. The van der Waals surface area contributed by atoms with Gasteiger partial charge in [0, 0.05) is 45.5 Å². The topological polar surface area (TPSA) is 64.1 Å². The minimum absolute atomic E-state index is 0.362. The number of para-hydroxylation sites is 1. The molecule has 140 valence electrons. The van der Waals surface area contributed by atoms with Crippen molar-refractivity contribution in [1.29, 1.82) is 0 Å². The molecule has 6 nitrogen and oxygen atoms in total. The van der Waals surface area contributed by atoms with Gasteiger partial charge in [-0.15, -0.1) is 0 Å². The first-order chi connectivity index (χ1) is 12.3. The van der Waals surface area contributed by atoms with Crippen molar-refractivity contribution in [2.24, 2.45) is 4.99 Å². The van der Waals surface area contributed by atoms with E-state index in [9.17, 15) is 0 Å². The van der Waals surface area contributed by atoms with Crippen LogP contribution in [0.15, 0.2) is 29.3 Å². The number of ether oxygens (including phenoxy) is 3. The average molecular weight is 349 g/mol. The van der Waals surface area contributed by atoms with Crippen LogP contribution in [0, 0.1) is 0 Å². The number of nitrogens with one attached hydrogen (secondary N) is 2. The van der Waals surface area contributed by atoms with Crippen LogP contribution in [-0.2, 0) is 16.0 Å². The molecule has 1 fully saturated rings. The summed E-state index contributed by atoms with van der Waals surface area (Å²) in [4.78, 5) is 4.26. The van der Waals surface area contributed by atoms with E-state index in [0.717, 1.165) is 62.9 Å². The van der Waals surface area contributed by atoms with Gasteiger partial charge in [0.25, 0.3) is 0 Å². The van der Waals surface area contributed by atoms with Crippen LogP contribution in [0.5, 0.6) is 5.75 Å². The van der Waals surface area contributed by atoms with Gasteiger partial charge in [0.15, 0.2) is 5.96 Å². The second-order valence-corrected chi connectivity index (χ2v) is 5.93. The molecule has 1 aliphatic rings. The van der Waals surface area contributed by atoms with Gasteiger partial charge < -0.3 is 24.8 Å². The summed E-state index contributed by atoms with van der Waals surface area (Å²) < 4.78 is 16.9. The molecule has 0 spiro atoms. The van der Waals surface area contributed by atoms with Gasteiger partial charge in [0.05, 0.1) is 12.7 Å². The first-order valence-corrected chi connectivity index (χ1v) is 9.18. The molecule has 25 heavy (non-hydrogen) atoms. The molecular formula is C19H31N3O3. The Bertz CT molecular complexity index is 516. The van der Waals surface area contributed by atoms with Crippen molar-refractivity contribution in [3.8, 4) is 5.75 Å². The molecule has 1 heterocycles. The van der Waals surface area contributed by atoms with Gasteiger partial charge in [-0.1, -0.05) is 18.2 Å². The third-order valence-electron chi connectivity index (χ3n) is 4.08. The van der Waals surface area contributed by atoms with Crippen LogP contribution in [0.3, 0.4) is 0 Å². The molecule has 0 unspecified atom stereocenters. The maximum absolute atomic E-state index is 5.87. The second kappa shape index (κ2) is 11.7. The Morgan fingerprint density at radius 1 is 1.24 bits per heavy atom. The molecule has 1 aliphatic heterocycles. The van der Waals surface area contributed by atoms with E-state index >= 15 is 0 Å². The summed E-state index contributed by atoms with van der Waals surface area (Å²) in [5, 5.41) is 6.65. The molecule has 1 saturated heterocycles. The van der Waals surface area contributed by atoms with E-state index in [1.54, 1.807) is 7.05 Å². The lowest BCUT2D eigenvalue weighted by molar-refractivity contribution is -0.0320. The number of aliphatic imine (C=N–C) groups is 1. The average Bonchev–Trinajstić information content (AvgIpc) is 2.66. The molecule has 0 radical (unpaired) electrons. The van der Waals surface area contributed by atoms with Crippen LogP contribution in [0.25, 0.3) is 0 Å². The van der Waals surface area contributed by atoms with Gasteiger partial charge in [0.1, 0.15) is 5.75 Å². The van der Waals surface area contributed by atoms with E-state index in [2.05, 4.69) is 21.7 Å². The Morgan fingerprint density at radius 2 is 2.04 bits per heavy atom. The Balaban J connectivity index is 1.63. The first-order valence-electron chi connectivity index (χ1n) is 9.18. The van der Waals surface area contributed by atoms with E-state index in [4.69, 9.17) is 14.2 Å². The molecule has 2 rings (SSSR count).